The average molecular weight is 526 g/mol. The number of hydrogen-bond acceptors (Lipinski definition) is 4. The van der Waals surface area contributed by atoms with E-state index in [1.807, 2.05) is 12.2 Å². The number of halogens is 6. The van der Waals surface area contributed by atoms with E-state index in [0.29, 0.717) is 17.7 Å². The van der Waals surface area contributed by atoms with Gasteiger partial charge in [0.05, 0.1) is 54.0 Å². The van der Waals surface area contributed by atoms with Crippen molar-refractivity contribution in [2.45, 2.75) is 30.1 Å². The second kappa shape index (κ2) is 8.89. The van der Waals surface area contributed by atoms with E-state index >= 15 is 0 Å². The molecule has 0 unspecified atom stereocenters. The number of benzene rings is 1. The highest BCUT2D eigenvalue weighted by Gasteiger charge is 2.49. The first kappa shape index (κ1) is 25.6. The van der Waals surface area contributed by atoms with Crippen molar-refractivity contribution in [3.8, 4) is 0 Å². The molecule has 3 aliphatic rings. The van der Waals surface area contributed by atoms with E-state index in [2.05, 4.69) is 0 Å². The minimum absolute atomic E-state index is 0.0281. The van der Waals surface area contributed by atoms with Gasteiger partial charge in [-0.3, -0.25) is 9.59 Å². The molecule has 2 saturated heterocycles. The first-order chi connectivity index (χ1) is 16.2. The quantitative estimate of drug-likeness (QED) is 0.367. The van der Waals surface area contributed by atoms with Crippen LogP contribution in [0.3, 0.4) is 0 Å². The summed E-state index contributed by atoms with van der Waals surface area (Å²) in [5.74, 6) is -1.37. The molecule has 7 nitrogen and oxygen atoms in total. The highest BCUT2D eigenvalue weighted by atomic mass is 32.2. The molecule has 0 radical (unpaired) electrons. The number of hydrogen-bond donors (Lipinski definition) is 1. The molecule has 1 aliphatic carbocycles. The smallest absolute Gasteiger partial charge is 0.315 e. The molecular formula is C21H22F6N3O4S+. The lowest BCUT2D eigenvalue weighted by atomic mass is 9.85. The summed E-state index contributed by atoms with van der Waals surface area (Å²) in [5.41, 5.74) is -3.42. The Kier molecular flexibility index (Phi) is 6.51. The van der Waals surface area contributed by atoms with Gasteiger partial charge in [-0.15, -0.1) is 0 Å². The Hall–Kier alpha value is -2.45. The third-order valence-corrected chi connectivity index (χ3v) is 8.49. The normalized spacial score (nSPS) is 24.8. The molecule has 0 spiro atoms. The SMILES string of the molecule is O=C1[C@H]2CC=CC[C@H]2C(=O)N1C[NH+]1CCN(S(=O)(=O)c2cc(C(F)(F)F)cc(C(F)(F)F)c2)CC1. The van der Waals surface area contributed by atoms with Crippen LogP contribution in [-0.2, 0) is 32.0 Å². The van der Waals surface area contributed by atoms with Crippen molar-refractivity contribution in [2.75, 3.05) is 32.8 Å². The van der Waals surface area contributed by atoms with E-state index in [-0.39, 0.29) is 62.9 Å². The van der Waals surface area contributed by atoms with E-state index in [4.69, 9.17) is 0 Å². The van der Waals surface area contributed by atoms with Crippen molar-refractivity contribution < 1.29 is 49.2 Å². The molecule has 2 atom stereocenters. The van der Waals surface area contributed by atoms with Gasteiger partial charge in [0.25, 0.3) is 0 Å². The predicted octanol–water partition coefficient (Wildman–Crippen LogP) is 1.52. The summed E-state index contributed by atoms with van der Waals surface area (Å²) in [5, 5.41) is 0. The fraction of sp³-hybridized carbons (Fsp3) is 0.524. The number of amides is 2. The number of imide groups is 1. The average Bonchev–Trinajstić information content (AvgIpc) is 3.03. The van der Waals surface area contributed by atoms with Crippen molar-refractivity contribution in [1.82, 2.24) is 9.21 Å². The molecule has 2 aliphatic heterocycles. The third-order valence-electron chi connectivity index (χ3n) is 6.61. The van der Waals surface area contributed by atoms with Crippen LogP contribution < -0.4 is 4.90 Å². The zero-order valence-electron chi connectivity index (χ0n) is 18.2. The molecule has 0 saturated carbocycles. The molecule has 35 heavy (non-hydrogen) atoms. The van der Waals surface area contributed by atoms with Gasteiger partial charge in [0.15, 0.2) is 6.67 Å². The molecule has 4 rings (SSSR count). The fourth-order valence-electron chi connectivity index (χ4n) is 4.67. The highest BCUT2D eigenvalue weighted by molar-refractivity contribution is 7.89. The number of sulfonamides is 1. The van der Waals surface area contributed by atoms with Crippen LogP contribution in [0.2, 0.25) is 0 Å². The Morgan fingerprint density at radius 1 is 0.829 bits per heavy atom. The second-order valence-corrected chi connectivity index (χ2v) is 10.8. The van der Waals surface area contributed by atoms with E-state index in [1.54, 1.807) is 0 Å². The zero-order chi connectivity index (χ0) is 25.8. The van der Waals surface area contributed by atoms with Crippen LogP contribution in [0.25, 0.3) is 0 Å². The number of nitrogens with zero attached hydrogens (tertiary/aromatic N) is 2. The van der Waals surface area contributed by atoms with Gasteiger partial charge in [-0.05, 0) is 31.0 Å². The number of fused-ring (bicyclic) bond motifs is 1. The molecule has 0 bridgehead atoms. The first-order valence-corrected chi connectivity index (χ1v) is 12.3. The lowest BCUT2D eigenvalue weighted by Crippen LogP contribution is -3.16. The molecule has 1 aromatic carbocycles. The van der Waals surface area contributed by atoms with Gasteiger partial charge in [-0.2, -0.15) is 30.6 Å². The van der Waals surface area contributed by atoms with Crippen LogP contribution in [0.1, 0.15) is 24.0 Å². The molecule has 2 fully saturated rings. The third kappa shape index (κ3) is 4.96. The molecule has 1 N–H and O–H groups in total. The van der Waals surface area contributed by atoms with Gasteiger partial charge in [0.1, 0.15) is 0 Å². The van der Waals surface area contributed by atoms with Gasteiger partial charge in [0.2, 0.25) is 21.8 Å². The summed E-state index contributed by atoms with van der Waals surface area (Å²) >= 11 is 0. The van der Waals surface area contributed by atoms with Crippen LogP contribution in [-0.4, -0.2) is 62.3 Å². The van der Waals surface area contributed by atoms with Crippen LogP contribution in [0.5, 0.6) is 0 Å². The monoisotopic (exact) mass is 526 g/mol. The maximum absolute atomic E-state index is 13.1. The summed E-state index contributed by atoms with van der Waals surface area (Å²) in [6, 6.07) is 0.264. The number of rotatable bonds is 4. The summed E-state index contributed by atoms with van der Waals surface area (Å²) in [7, 11) is -4.65. The van der Waals surface area contributed by atoms with Gasteiger partial charge in [0, 0.05) is 0 Å². The Balaban J connectivity index is 1.48. The summed E-state index contributed by atoms with van der Waals surface area (Å²) in [6.07, 6.45) is -5.69. The van der Waals surface area contributed by atoms with E-state index in [0.717, 1.165) is 4.31 Å². The standard InChI is InChI=1S/C21H21F6N3O4S/c22-20(23,24)13-9-14(21(25,26)27)11-15(10-13)35(33,34)29-7-5-28(6-8-29)12-30-18(31)16-3-1-2-4-17(16)19(30)32/h1-2,9-11,16-17H,3-8,12H2/p+1/t16-,17+. The predicted molar refractivity (Wildman–Crippen MR) is 108 cm³/mol. The van der Waals surface area contributed by atoms with Crippen molar-refractivity contribution >= 4 is 21.8 Å². The Morgan fingerprint density at radius 2 is 1.29 bits per heavy atom. The molecule has 1 aromatic rings. The number of carbonyl (C=O) groups excluding carboxylic acids is 2. The molecule has 0 aromatic heterocycles. The second-order valence-electron chi connectivity index (χ2n) is 8.81. The van der Waals surface area contributed by atoms with Gasteiger partial charge < -0.3 is 4.90 Å². The van der Waals surface area contributed by atoms with E-state index in [1.165, 1.54) is 4.90 Å². The number of alkyl halides is 6. The van der Waals surface area contributed by atoms with E-state index < -0.39 is 50.2 Å². The molecule has 192 valence electrons. The zero-order valence-corrected chi connectivity index (χ0v) is 19.0. The van der Waals surface area contributed by atoms with Crippen LogP contribution in [0.4, 0.5) is 26.3 Å². The Bertz CT molecular complexity index is 1100. The van der Waals surface area contributed by atoms with Crippen molar-refractivity contribution in [3.63, 3.8) is 0 Å². The number of carbonyl (C=O) groups is 2. The number of allylic oxidation sites excluding steroid dienone is 2. The summed E-state index contributed by atoms with van der Waals surface area (Å²) in [6.45, 7) is -0.121. The largest absolute Gasteiger partial charge is 0.416 e. The maximum Gasteiger partial charge on any atom is 0.416 e. The minimum atomic E-state index is -5.17. The van der Waals surface area contributed by atoms with Gasteiger partial charge >= 0.3 is 12.4 Å². The van der Waals surface area contributed by atoms with Crippen molar-refractivity contribution in [3.05, 3.63) is 41.5 Å². The van der Waals surface area contributed by atoms with Crippen molar-refractivity contribution in [2.24, 2.45) is 11.8 Å². The van der Waals surface area contributed by atoms with Crippen molar-refractivity contribution in [1.29, 1.82) is 0 Å². The van der Waals surface area contributed by atoms with Gasteiger partial charge in [-0.25, -0.2) is 13.3 Å². The molecule has 2 amide bonds. The molecular weight excluding hydrogens is 504 g/mol. The molecule has 14 heteroatoms. The minimum Gasteiger partial charge on any atom is -0.315 e. The van der Waals surface area contributed by atoms with Gasteiger partial charge in [-0.1, -0.05) is 12.2 Å². The first-order valence-electron chi connectivity index (χ1n) is 10.8. The maximum atomic E-state index is 13.1. The molecule has 2 heterocycles. The van der Waals surface area contributed by atoms with E-state index in [9.17, 15) is 44.3 Å². The van der Waals surface area contributed by atoms with Crippen LogP contribution >= 0.6 is 0 Å². The summed E-state index contributed by atoms with van der Waals surface area (Å²) < 4.78 is 106. The Morgan fingerprint density at radius 3 is 1.71 bits per heavy atom. The number of quaternary nitrogens is 1. The van der Waals surface area contributed by atoms with Crippen LogP contribution in [0.15, 0.2) is 35.2 Å². The lowest BCUT2D eigenvalue weighted by Gasteiger charge is -2.33. The highest BCUT2D eigenvalue weighted by Crippen LogP contribution is 2.38. The lowest BCUT2D eigenvalue weighted by molar-refractivity contribution is -0.910. The number of nitrogens with one attached hydrogen (secondary N) is 1. The fourth-order valence-corrected chi connectivity index (χ4v) is 6.19. The number of piperazine rings is 1. The summed E-state index contributed by atoms with van der Waals surface area (Å²) in [4.78, 5) is 26.0. The number of likely N-dealkylation sites (tertiary alicyclic amines) is 1. The Labute approximate surface area is 197 Å². The topological polar surface area (TPSA) is 79.2 Å². The van der Waals surface area contributed by atoms with Crippen LogP contribution in [0, 0.1) is 11.8 Å².